The van der Waals surface area contributed by atoms with Crippen molar-refractivity contribution >= 4 is 28.9 Å². The molecule has 0 spiro atoms. The highest BCUT2D eigenvalue weighted by molar-refractivity contribution is 7.80. The number of thiocarbonyl (C=S) groups is 1. The summed E-state index contributed by atoms with van der Waals surface area (Å²) in [6, 6.07) is 10.6. The molecule has 0 aliphatic rings. The number of anilines is 1. The van der Waals surface area contributed by atoms with Crippen molar-refractivity contribution in [2.24, 2.45) is 0 Å². The minimum absolute atomic E-state index is 0.169. The third-order valence-electron chi connectivity index (χ3n) is 3.36. The van der Waals surface area contributed by atoms with Gasteiger partial charge < -0.3 is 14.8 Å². The predicted octanol–water partition coefficient (Wildman–Crippen LogP) is 3.64. The van der Waals surface area contributed by atoms with Gasteiger partial charge in [0.2, 0.25) is 0 Å². The Morgan fingerprint density at radius 3 is 2.44 bits per heavy atom. The van der Waals surface area contributed by atoms with Crippen LogP contribution in [0, 0.1) is 5.82 Å². The first-order chi connectivity index (χ1) is 13.0. The first-order valence-corrected chi connectivity index (χ1v) is 8.96. The lowest BCUT2D eigenvalue weighted by Gasteiger charge is -2.14. The zero-order valence-electron chi connectivity index (χ0n) is 15.2. The molecule has 0 fully saturated rings. The lowest BCUT2D eigenvalue weighted by atomic mass is 10.2. The molecule has 0 unspecified atom stereocenters. The normalized spacial score (nSPS) is 10.0. The maximum Gasteiger partial charge on any atom is 0.269 e. The fourth-order valence-corrected chi connectivity index (χ4v) is 2.30. The quantitative estimate of drug-likeness (QED) is 0.494. The third-order valence-corrected chi connectivity index (χ3v) is 3.56. The highest BCUT2D eigenvalue weighted by Crippen LogP contribution is 2.28. The highest BCUT2D eigenvalue weighted by Gasteiger charge is 2.12. The summed E-state index contributed by atoms with van der Waals surface area (Å²) in [5.41, 5.74) is 6.08. The molecule has 1 amide bonds. The Kier molecular flexibility index (Phi) is 7.81. The van der Waals surface area contributed by atoms with Gasteiger partial charge in [-0.3, -0.25) is 15.6 Å². The average Bonchev–Trinajstić information content (AvgIpc) is 2.67. The number of amides is 1. The lowest BCUT2D eigenvalue weighted by Crippen LogP contribution is -2.43. The number of carbonyl (C=O) groups excluding carboxylic acids is 1. The van der Waals surface area contributed by atoms with Gasteiger partial charge in [0.15, 0.2) is 16.6 Å². The molecular formula is C19H22FN3O3S. The average molecular weight is 391 g/mol. The summed E-state index contributed by atoms with van der Waals surface area (Å²) in [5, 5.41) is 3.00. The number of halogens is 1. The van der Waals surface area contributed by atoms with Crippen LogP contribution in [0.15, 0.2) is 42.5 Å². The van der Waals surface area contributed by atoms with Crippen LogP contribution >= 0.6 is 12.2 Å². The highest BCUT2D eigenvalue weighted by atomic mass is 32.1. The van der Waals surface area contributed by atoms with Crippen LogP contribution in [-0.4, -0.2) is 24.2 Å². The van der Waals surface area contributed by atoms with Gasteiger partial charge >= 0.3 is 0 Å². The first kappa shape index (κ1) is 20.4. The Labute approximate surface area is 163 Å². The van der Waals surface area contributed by atoms with E-state index in [-0.39, 0.29) is 16.8 Å². The Morgan fingerprint density at radius 2 is 1.78 bits per heavy atom. The lowest BCUT2D eigenvalue weighted by molar-refractivity contribution is 0.0943. The van der Waals surface area contributed by atoms with E-state index in [4.69, 9.17) is 21.7 Å². The summed E-state index contributed by atoms with van der Waals surface area (Å²) in [5.74, 6) is 0.368. The molecule has 2 aromatic rings. The third kappa shape index (κ3) is 6.41. The van der Waals surface area contributed by atoms with Gasteiger partial charge in [0.25, 0.3) is 5.91 Å². The Balaban J connectivity index is 1.95. The Bertz CT molecular complexity index is 784. The van der Waals surface area contributed by atoms with Crippen LogP contribution in [0.4, 0.5) is 10.1 Å². The molecule has 2 aromatic carbocycles. The monoisotopic (exact) mass is 391 g/mol. The smallest absolute Gasteiger partial charge is 0.269 e. The molecule has 0 aliphatic heterocycles. The van der Waals surface area contributed by atoms with E-state index < -0.39 is 0 Å². The molecule has 8 heteroatoms. The van der Waals surface area contributed by atoms with Gasteiger partial charge in [-0.1, -0.05) is 6.92 Å². The predicted molar refractivity (Wildman–Crippen MR) is 107 cm³/mol. The van der Waals surface area contributed by atoms with Crippen molar-refractivity contribution in [1.29, 1.82) is 0 Å². The summed E-state index contributed by atoms with van der Waals surface area (Å²) in [6.45, 7) is 4.89. The first-order valence-electron chi connectivity index (χ1n) is 8.56. The van der Waals surface area contributed by atoms with Crippen LogP contribution in [0.2, 0.25) is 0 Å². The van der Waals surface area contributed by atoms with E-state index in [0.29, 0.717) is 36.0 Å². The molecule has 0 bridgehead atoms. The summed E-state index contributed by atoms with van der Waals surface area (Å²) in [4.78, 5) is 12.3. The second-order valence-corrected chi connectivity index (χ2v) is 5.89. The minimum atomic E-state index is -0.388. The maximum atomic E-state index is 12.9. The van der Waals surface area contributed by atoms with Crippen LogP contribution in [0.1, 0.15) is 30.6 Å². The van der Waals surface area contributed by atoms with E-state index in [1.54, 1.807) is 18.2 Å². The van der Waals surface area contributed by atoms with E-state index in [1.807, 2.05) is 13.8 Å². The number of rotatable bonds is 7. The molecule has 3 N–H and O–H groups in total. The molecular weight excluding hydrogens is 369 g/mol. The standard InChI is InChI=1S/C19H22FN3O3S/c1-3-11-26-16-10-5-13(12-17(16)25-4-2)18(24)22-23-19(27)21-15-8-6-14(20)7-9-15/h5-10,12H,3-4,11H2,1-2H3,(H,22,24)(H2,21,23,27). The maximum absolute atomic E-state index is 12.9. The zero-order chi connectivity index (χ0) is 19.6. The van der Waals surface area contributed by atoms with Crippen LogP contribution in [-0.2, 0) is 0 Å². The molecule has 0 heterocycles. The van der Waals surface area contributed by atoms with Crippen LogP contribution in [0.3, 0.4) is 0 Å². The molecule has 0 saturated heterocycles. The molecule has 0 radical (unpaired) electrons. The van der Waals surface area contributed by atoms with E-state index in [2.05, 4.69) is 16.2 Å². The zero-order valence-corrected chi connectivity index (χ0v) is 16.0. The number of carbonyl (C=O) groups is 1. The van der Waals surface area contributed by atoms with Crippen LogP contribution in [0.5, 0.6) is 11.5 Å². The number of nitrogens with one attached hydrogen (secondary N) is 3. The van der Waals surface area contributed by atoms with Crippen LogP contribution in [0.25, 0.3) is 0 Å². The van der Waals surface area contributed by atoms with Crippen molar-refractivity contribution in [3.05, 3.63) is 53.8 Å². The molecule has 0 aliphatic carbocycles. The topological polar surface area (TPSA) is 71.6 Å². The van der Waals surface area contributed by atoms with Crippen molar-refractivity contribution in [3.8, 4) is 11.5 Å². The molecule has 0 saturated carbocycles. The van der Waals surface area contributed by atoms with E-state index >= 15 is 0 Å². The molecule has 0 aromatic heterocycles. The van der Waals surface area contributed by atoms with E-state index in [9.17, 15) is 9.18 Å². The van der Waals surface area contributed by atoms with Crippen molar-refractivity contribution in [2.75, 3.05) is 18.5 Å². The SMILES string of the molecule is CCCOc1ccc(C(=O)NNC(=S)Nc2ccc(F)cc2)cc1OCC. The summed E-state index contributed by atoms with van der Waals surface area (Å²) >= 11 is 5.10. The van der Waals surface area contributed by atoms with Crippen molar-refractivity contribution < 1.29 is 18.7 Å². The van der Waals surface area contributed by atoms with Gasteiger partial charge in [-0.2, -0.15) is 0 Å². The summed E-state index contributed by atoms with van der Waals surface area (Å²) in [7, 11) is 0. The fourth-order valence-electron chi connectivity index (χ4n) is 2.13. The van der Waals surface area contributed by atoms with Gasteiger partial charge in [-0.15, -0.1) is 0 Å². The van der Waals surface area contributed by atoms with E-state index in [1.165, 1.54) is 24.3 Å². The fraction of sp³-hybridized carbons (Fsp3) is 0.263. The van der Waals surface area contributed by atoms with Gasteiger partial charge in [0.05, 0.1) is 13.2 Å². The van der Waals surface area contributed by atoms with Crippen LogP contribution < -0.4 is 25.6 Å². The second kappa shape index (κ2) is 10.3. The molecule has 0 atom stereocenters. The van der Waals surface area contributed by atoms with Gasteiger partial charge in [0.1, 0.15) is 5.82 Å². The number of benzene rings is 2. The number of hydrazine groups is 1. The number of hydrogen-bond donors (Lipinski definition) is 3. The Morgan fingerprint density at radius 1 is 1.04 bits per heavy atom. The number of hydrogen-bond acceptors (Lipinski definition) is 4. The van der Waals surface area contributed by atoms with Crippen molar-refractivity contribution in [1.82, 2.24) is 10.9 Å². The number of ether oxygens (including phenoxy) is 2. The largest absolute Gasteiger partial charge is 0.490 e. The van der Waals surface area contributed by atoms with Gasteiger partial charge in [-0.05, 0) is 68.0 Å². The minimum Gasteiger partial charge on any atom is -0.490 e. The molecule has 6 nitrogen and oxygen atoms in total. The molecule has 2 rings (SSSR count). The van der Waals surface area contributed by atoms with Gasteiger partial charge in [-0.25, -0.2) is 4.39 Å². The molecule has 27 heavy (non-hydrogen) atoms. The van der Waals surface area contributed by atoms with Crippen molar-refractivity contribution in [3.63, 3.8) is 0 Å². The van der Waals surface area contributed by atoms with E-state index in [0.717, 1.165) is 6.42 Å². The molecule has 144 valence electrons. The Hall–Kier alpha value is -2.87. The van der Waals surface area contributed by atoms with Crippen molar-refractivity contribution in [2.45, 2.75) is 20.3 Å². The van der Waals surface area contributed by atoms with Gasteiger partial charge in [0, 0.05) is 11.3 Å². The summed E-state index contributed by atoms with van der Waals surface area (Å²) in [6.07, 6.45) is 0.871. The second-order valence-electron chi connectivity index (χ2n) is 5.48. The summed E-state index contributed by atoms with van der Waals surface area (Å²) < 4.78 is 24.1.